The number of allylic oxidation sites excluding steroid dienone is 1. The van der Waals surface area contributed by atoms with Gasteiger partial charge in [0.25, 0.3) is 0 Å². The fraction of sp³-hybridized carbons (Fsp3) is 0.250. The second-order valence-corrected chi connectivity index (χ2v) is 4.58. The molecule has 0 aliphatic carbocycles. The lowest BCUT2D eigenvalue weighted by Gasteiger charge is -2.14. The first-order chi connectivity index (χ1) is 7.97. The molecule has 1 rings (SSSR count). The van der Waals surface area contributed by atoms with Crippen LogP contribution in [0.15, 0.2) is 29.3 Å². The van der Waals surface area contributed by atoms with Gasteiger partial charge in [-0.2, -0.15) is 0 Å². The number of phenols is 1. The highest BCUT2D eigenvalue weighted by atomic mass is 79.9. The number of rotatable bonds is 5. The van der Waals surface area contributed by atoms with Crippen molar-refractivity contribution in [2.75, 3.05) is 0 Å². The van der Waals surface area contributed by atoms with Gasteiger partial charge in [0.05, 0.1) is 0 Å². The number of carboxylic acids is 1. The van der Waals surface area contributed by atoms with Crippen LogP contribution in [0.4, 0.5) is 0 Å². The summed E-state index contributed by atoms with van der Waals surface area (Å²) in [7, 11) is 0. The van der Waals surface area contributed by atoms with E-state index < -0.39 is 12.0 Å². The number of benzene rings is 1. The maximum atomic E-state index is 10.9. The Kier molecular flexibility index (Phi) is 6.98. The molecule has 0 spiro atoms. The maximum absolute atomic E-state index is 10.9. The van der Waals surface area contributed by atoms with Crippen LogP contribution in [0.25, 0.3) is 0 Å². The fourth-order valence-electron chi connectivity index (χ4n) is 1.52. The standard InChI is InChI=1S/C12H14BrNO3.ClH/c1-2-3-4-10(14)8-5-7(13)6-9(11(8)15)12(16)17;/h2,5-6,10,15H,1,3-4,14H2,(H,16,17);1H/t10-;/m0./s1. The molecule has 0 aromatic heterocycles. The quantitative estimate of drug-likeness (QED) is 0.721. The Morgan fingerprint density at radius 1 is 1.56 bits per heavy atom. The molecule has 0 unspecified atom stereocenters. The van der Waals surface area contributed by atoms with E-state index >= 15 is 0 Å². The summed E-state index contributed by atoms with van der Waals surface area (Å²) >= 11 is 3.20. The summed E-state index contributed by atoms with van der Waals surface area (Å²) in [6, 6.07) is 2.57. The van der Waals surface area contributed by atoms with Crippen molar-refractivity contribution in [2.45, 2.75) is 18.9 Å². The van der Waals surface area contributed by atoms with Crippen LogP contribution in [-0.2, 0) is 0 Å². The van der Waals surface area contributed by atoms with E-state index in [9.17, 15) is 9.90 Å². The van der Waals surface area contributed by atoms with E-state index in [1.807, 2.05) is 0 Å². The fourth-order valence-corrected chi connectivity index (χ4v) is 1.99. The Morgan fingerprint density at radius 3 is 2.67 bits per heavy atom. The second-order valence-electron chi connectivity index (χ2n) is 3.67. The Labute approximate surface area is 120 Å². The monoisotopic (exact) mass is 335 g/mol. The molecule has 4 nitrogen and oxygen atoms in total. The van der Waals surface area contributed by atoms with Crippen LogP contribution in [-0.4, -0.2) is 16.2 Å². The van der Waals surface area contributed by atoms with Crippen LogP contribution < -0.4 is 5.73 Å². The molecule has 0 radical (unpaired) electrons. The number of carboxylic acid groups (broad SMARTS) is 1. The molecule has 4 N–H and O–H groups in total. The minimum atomic E-state index is -1.18. The van der Waals surface area contributed by atoms with Crippen molar-refractivity contribution < 1.29 is 15.0 Å². The topological polar surface area (TPSA) is 83.6 Å². The van der Waals surface area contributed by atoms with E-state index in [2.05, 4.69) is 22.5 Å². The van der Waals surface area contributed by atoms with Crippen LogP contribution in [0, 0.1) is 0 Å². The van der Waals surface area contributed by atoms with Gasteiger partial charge in [-0.1, -0.05) is 22.0 Å². The Morgan fingerprint density at radius 2 is 2.17 bits per heavy atom. The number of hydrogen-bond acceptors (Lipinski definition) is 3. The third-order valence-electron chi connectivity index (χ3n) is 2.42. The van der Waals surface area contributed by atoms with Gasteiger partial charge in [-0.25, -0.2) is 4.79 Å². The van der Waals surface area contributed by atoms with Crippen molar-refractivity contribution in [1.82, 2.24) is 0 Å². The molecule has 0 fully saturated rings. The van der Waals surface area contributed by atoms with Gasteiger partial charge in [0.1, 0.15) is 11.3 Å². The molecule has 0 aliphatic rings. The zero-order valence-corrected chi connectivity index (χ0v) is 12.0. The van der Waals surface area contributed by atoms with Crippen LogP contribution in [0.5, 0.6) is 5.75 Å². The summed E-state index contributed by atoms with van der Waals surface area (Å²) in [6.45, 7) is 3.59. The summed E-state index contributed by atoms with van der Waals surface area (Å²) in [5, 5.41) is 18.8. The van der Waals surface area contributed by atoms with Crippen LogP contribution in [0.1, 0.15) is 34.8 Å². The van der Waals surface area contributed by atoms with Gasteiger partial charge >= 0.3 is 5.97 Å². The minimum Gasteiger partial charge on any atom is -0.507 e. The molecule has 0 heterocycles. The van der Waals surface area contributed by atoms with Gasteiger partial charge in [0.15, 0.2) is 0 Å². The largest absolute Gasteiger partial charge is 0.507 e. The van der Waals surface area contributed by atoms with Crippen molar-refractivity contribution in [2.24, 2.45) is 5.73 Å². The summed E-state index contributed by atoms with van der Waals surface area (Å²) in [4.78, 5) is 10.9. The first kappa shape index (κ1) is 17.0. The first-order valence-corrected chi connectivity index (χ1v) is 5.88. The third kappa shape index (κ3) is 4.01. The van der Waals surface area contributed by atoms with Gasteiger partial charge in [0.2, 0.25) is 0 Å². The molecule has 0 saturated carbocycles. The molecule has 18 heavy (non-hydrogen) atoms. The highest BCUT2D eigenvalue weighted by Crippen LogP contribution is 2.32. The Balaban J connectivity index is 0.00000289. The molecule has 1 aromatic carbocycles. The molecule has 100 valence electrons. The normalized spacial score (nSPS) is 11.4. The zero-order chi connectivity index (χ0) is 13.0. The predicted molar refractivity (Wildman–Crippen MR) is 76.4 cm³/mol. The molecule has 1 atom stereocenters. The van der Waals surface area contributed by atoms with Gasteiger partial charge in [-0.05, 0) is 25.0 Å². The number of halogens is 2. The number of hydrogen-bond donors (Lipinski definition) is 3. The van der Waals surface area contributed by atoms with Crippen LogP contribution >= 0.6 is 28.3 Å². The molecule has 0 bridgehead atoms. The van der Waals surface area contributed by atoms with Gasteiger partial charge in [-0.15, -0.1) is 19.0 Å². The Bertz CT molecular complexity index is 451. The maximum Gasteiger partial charge on any atom is 0.339 e. The third-order valence-corrected chi connectivity index (χ3v) is 2.87. The van der Waals surface area contributed by atoms with E-state index in [4.69, 9.17) is 10.8 Å². The molecule has 0 saturated heterocycles. The van der Waals surface area contributed by atoms with Gasteiger partial charge in [-0.3, -0.25) is 0 Å². The Hall–Kier alpha value is -1.04. The lowest BCUT2D eigenvalue weighted by atomic mass is 9.99. The molecule has 0 amide bonds. The van der Waals surface area contributed by atoms with Gasteiger partial charge < -0.3 is 15.9 Å². The minimum absolute atomic E-state index is 0. The number of nitrogens with two attached hydrogens (primary N) is 1. The molecule has 1 aromatic rings. The van der Waals surface area contributed by atoms with E-state index in [1.54, 1.807) is 12.1 Å². The highest BCUT2D eigenvalue weighted by molar-refractivity contribution is 9.10. The van der Waals surface area contributed by atoms with Crippen molar-refractivity contribution in [3.05, 3.63) is 40.4 Å². The average Bonchev–Trinajstić information content (AvgIpc) is 2.28. The predicted octanol–water partition coefficient (Wildman–Crippen LogP) is 3.24. The first-order valence-electron chi connectivity index (χ1n) is 5.09. The van der Waals surface area contributed by atoms with E-state index in [1.165, 1.54) is 6.07 Å². The van der Waals surface area contributed by atoms with Crippen molar-refractivity contribution in [3.8, 4) is 5.75 Å². The van der Waals surface area contributed by atoms with E-state index in [0.29, 0.717) is 22.9 Å². The van der Waals surface area contributed by atoms with E-state index in [0.717, 1.165) is 0 Å². The second kappa shape index (κ2) is 7.41. The van der Waals surface area contributed by atoms with Crippen molar-refractivity contribution in [3.63, 3.8) is 0 Å². The molecular weight excluding hydrogens is 321 g/mol. The highest BCUT2D eigenvalue weighted by Gasteiger charge is 2.18. The van der Waals surface area contributed by atoms with Crippen molar-refractivity contribution >= 4 is 34.3 Å². The summed E-state index contributed by atoms with van der Waals surface area (Å²) in [5.41, 5.74) is 6.18. The summed E-state index contributed by atoms with van der Waals surface area (Å²) in [6.07, 6.45) is 3.04. The lowest BCUT2D eigenvalue weighted by Crippen LogP contribution is -2.12. The molecule has 0 aliphatic heterocycles. The summed E-state index contributed by atoms with van der Waals surface area (Å²) < 4.78 is 0.580. The average molecular weight is 337 g/mol. The van der Waals surface area contributed by atoms with Gasteiger partial charge in [0, 0.05) is 16.1 Å². The number of aromatic hydroxyl groups is 1. The van der Waals surface area contributed by atoms with Crippen LogP contribution in [0.3, 0.4) is 0 Å². The number of carbonyl (C=O) groups is 1. The smallest absolute Gasteiger partial charge is 0.339 e. The molecular formula is C12H15BrClNO3. The van der Waals surface area contributed by atoms with E-state index in [-0.39, 0.29) is 23.7 Å². The lowest BCUT2D eigenvalue weighted by molar-refractivity contribution is 0.0693. The van der Waals surface area contributed by atoms with Crippen molar-refractivity contribution in [1.29, 1.82) is 0 Å². The zero-order valence-electron chi connectivity index (χ0n) is 9.60. The molecule has 6 heteroatoms. The SMILES string of the molecule is C=CCC[C@H](N)c1cc(Br)cc(C(=O)O)c1O.Cl. The number of aromatic carboxylic acids is 1. The van der Waals surface area contributed by atoms with Crippen LogP contribution in [0.2, 0.25) is 0 Å². The summed E-state index contributed by atoms with van der Waals surface area (Å²) in [5.74, 6) is -1.45.